The lowest BCUT2D eigenvalue weighted by atomic mass is 10.2. The zero-order chi connectivity index (χ0) is 11.4. The van der Waals surface area contributed by atoms with Crippen molar-refractivity contribution in [2.24, 2.45) is 0 Å². The molecule has 1 aromatic carbocycles. The monoisotopic (exact) mass is 219 g/mol. The van der Waals surface area contributed by atoms with Gasteiger partial charge in [0.1, 0.15) is 12.1 Å². The van der Waals surface area contributed by atoms with Gasteiger partial charge >= 0.3 is 0 Å². The van der Waals surface area contributed by atoms with Crippen LogP contribution >= 0.6 is 0 Å². The first-order valence-electron chi connectivity index (χ1n) is 4.80. The van der Waals surface area contributed by atoms with Gasteiger partial charge in [0.25, 0.3) is 5.91 Å². The van der Waals surface area contributed by atoms with E-state index in [0.29, 0.717) is 12.1 Å². The molecule has 3 nitrogen and oxygen atoms in total. The molecular weight excluding hydrogens is 209 g/mol. The lowest BCUT2D eigenvalue weighted by Crippen LogP contribution is -2.22. The number of rotatable bonds is 3. The third kappa shape index (κ3) is 2.48. The van der Waals surface area contributed by atoms with Gasteiger partial charge in [0.05, 0.1) is 11.8 Å². The maximum atomic E-state index is 12.6. The Kier molecular flexibility index (Phi) is 3.00. The zero-order valence-electron chi connectivity index (χ0n) is 8.44. The fourth-order valence-electron chi connectivity index (χ4n) is 1.28. The van der Waals surface area contributed by atoms with Crippen LogP contribution in [-0.2, 0) is 6.54 Å². The smallest absolute Gasteiger partial charge is 0.254 e. The second kappa shape index (κ2) is 4.61. The molecule has 2 aromatic rings. The Morgan fingerprint density at radius 2 is 2.00 bits per heavy atom. The van der Waals surface area contributed by atoms with Gasteiger partial charge in [0.15, 0.2) is 0 Å². The maximum Gasteiger partial charge on any atom is 0.254 e. The van der Waals surface area contributed by atoms with E-state index in [-0.39, 0.29) is 11.7 Å². The SMILES string of the molecule is O=C(NCc1ccc(F)cc1)c1ccoc1. The van der Waals surface area contributed by atoms with Crippen molar-refractivity contribution in [3.05, 3.63) is 59.8 Å². The third-order valence-corrected chi connectivity index (χ3v) is 2.15. The summed E-state index contributed by atoms with van der Waals surface area (Å²) in [5, 5.41) is 2.70. The number of carbonyl (C=O) groups is 1. The predicted octanol–water partition coefficient (Wildman–Crippen LogP) is 2.35. The van der Waals surface area contributed by atoms with Crippen LogP contribution in [0.4, 0.5) is 4.39 Å². The van der Waals surface area contributed by atoms with E-state index in [1.165, 1.54) is 24.7 Å². The Morgan fingerprint density at radius 1 is 1.25 bits per heavy atom. The fourth-order valence-corrected chi connectivity index (χ4v) is 1.28. The van der Waals surface area contributed by atoms with Crippen molar-refractivity contribution in [3.8, 4) is 0 Å². The number of nitrogens with one attached hydrogen (secondary N) is 1. The zero-order valence-corrected chi connectivity index (χ0v) is 8.44. The summed E-state index contributed by atoms with van der Waals surface area (Å²) < 4.78 is 17.4. The number of furan rings is 1. The van der Waals surface area contributed by atoms with Gasteiger partial charge in [0, 0.05) is 6.54 Å². The minimum atomic E-state index is -0.287. The minimum Gasteiger partial charge on any atom is -0.472 e. The average molecular weight is 219 g/mol. The Hall–Kier alpha value is -2.10. The fraction of sp³-hybridized carbons (Fsp3) is 0.0833. The normalized spacial score (nSPS) is 10.1. The van der Waals surface area contributed by atoms with E-state index in [4.69, 9.17) is 4.42 Å². The molecule has 0 aliphatic rings. The van der Waals surface area contributed by atoms with Crippen LogP contribution in [0.1, 0.15) is 15.9 Å². The standard InChI is InChI=1S/C12H10FNO2/c13-11-3-1-9(2-4-11)7-14-12(15)10-5-6-16-8-10/h1-6,8H,7H2,(H,14,15). The summed E-state index contributed by atoms with van der Waals surface area (Å²) in [6.07, 6.45) is 2.81. The van der Waals surface area contributed by atoms with E-state index >= 15 is 0 Å². The summed E-state index contributed by atoms with van der Waals surface area (Å²) in [7, 11) is 0. The molecule has 0 saturated carbocycles. The Morgan fingerprint density at radius 3 is 2.62 bits per heavy atom. The molecule has 0 unspecified atom stereocenters. The molecule has 2 rings (SSSR count). The van der Waals surface area contributed by atoms with Crippen molar-refractivity contribution in [3.63, 3.8) is 0 Å². The third-order valence-electron chi connectivity index (χ3n) is 2.15. The van der Waals surface area contributed by atoms with Crippen molar-refractivity contribution in [1.82, 2.24) is 5.32 Å². The van der Waals surface area contributed by atoms with Crippen molar-refractivity contribution in [1.29, 1.82) is 0 Å². The van der Waals surface area contributed by atoms with E-state index in [1.54, 1.807) is 18.2 Å². The molecule has 16 heavy (non-hydrogen) atoms. The largest absolute Gasteiger partial charge is 0.472 e. The predicted molar refractivity (Wildman–Crippen MR) is 56.3 cm³/mol. The highest BCUT2D eigenvalue weighted by Crippen LogP contribution is 2.04. The summed E-state index contributed by atoms with van der Waals surface area (Å²) in [6.45, 7) is 0.365. The molecule has 4 heteroatoms. The molecule has 82 valence electrons. The van der Waals surface area contributed by atoms with E-state index in [1.807, 2.05) is 0 Å². The van der Waals surface area contributed by atoms with Crippen LogP contribution in [-0.4, -0.2) is 5.91 Å². The molecule has 0 fully saturated rings. The van der Waals surface area contributed by atoms with Gasteiger partial charge in [-0.05, 0) is 23.8 Å². The number of hydrogen-bond donors (Lipinski definition) is 1. The van der Waals surface area contributed by atoms with Crippen LogP contribution in [0.3, 0.4) is 0 Å². The van der Waals surface area contributed by atoms with Crippen molar-refractivity contribution < 1.29 is 13.6 Å². The molecule has 0 aliphatic heterocycles. The summed E-state index contributed by atoms with van der Waals surface area (Å²) in [5.74, 6) is -0.497. The van der Waals surface area contributed by atoms with Crippen LogP contribution in [0.5, 0.6) is 0 Å². The number of halogens is 1. The molecule has 0 aliphatic carbocycles. The Labute approximate surface area is 91.9 Å². The first-order chi connectivity index (χ1) is 7.75. The van der Waals surface area contributed by atoms with Crippen molar-refractivity contribution in [2.75, 3.05) is 0 Å². The molecule has 0 spiro atoms. The highest BCUT2D eigenvalue weighted by molar-refractivity contribution is 5.93. The molecule has 1 heterocycles. The topological polar surface area (TPSA) is 42.2 Å². The average Bonchev–Trinajstić information content (AvgIpc) is 2.81. The van der Waals surface area contributed by atoms with Crippen molar-refractivity contribution in [2.45, 2.75) is 6.54 Å². The van der Waals surface area contributed by atoms with Gasteiger partial charge in [0.2, 0.25) is 0 Å². The maximum absolute atomic E-state index is 12.6. The van der Waals surface area contributed by atoms with E-state index in [9.17, 15) is 9.18 Å². The van der Waals surface area contributed by atoms with Crippen LogP contribution in [0, 0.1) is 5.82 Å². The van der Waals surface area contributed by atoms with E-state index < -0.39 is 0 Å². The molecule has 0 bridgehead atoms. The van der Waals surface area contributed by atoms with E-state index in [2.05, 4.69) is 5.32 Å². The Bertz CT molecular complexity index is 462. The number of carbonyl (C=O) groups excluding carboxylic acids is 1. The lowest BCUT2D eigenvalue weighted by molar-refractivity contribution is 0.0950. The van der Waals surface area contributed by atoms with E-state index in [0.717, 1.165) is 5.56 Å². The summed E-state index contributed by atoms with van der Waals surface area (Å²) in [6, 6.07) is 7.56. The molecular formula is C12H10FNO2. The molecule has 1 amide bonds. The van der Waals surface area contributed by atoms with Crippen LogP contribution < -0.4 is 5.32 Å². The van der Waals surface area contributed by atoms with Gasteiger partial charge in [-0.1, -0.05) is 12.1 Å². The quantitative estimate of drug-likeness (QED) is 0.860. The van der Waals surface area contributed by atoms with Gasteiger partial charge in [-0.15, -0.1) is 0 Å². The molecule has 1 aromatic heterocycles. The van der Waals surface area contributed by atoms with Gasteiger partial charge < -0.3 is 9.73 Å². The molecule has 0 atom stereocenters. The van der Waals surface area contributed by atoms with Gasteiger partial charge in [-0.25, -0.2) is 4.39 Å². The Balaban J connectivity index is 1.93. The lowest BCUT2D eigenvalue weighted by Gasteiger charge is -2.03. The highest BCUT2D eigenvalue weighted by Gasteiger charge is 2.05. The summed E-state index contributed by atoms with van der Waals surface area (Å²) >= 11 is 0. The van der Waals surface area contributed by atoms with Crippen molar-refractivity contribution >= 4 is 5.91 Å². The molecule has 0 saturated heterocycles. The molecule has 0 radical (unpaired) electrons. The number of benzene rings is 1. The first kappa shape index (κ1) is 10.4. The van der Waals surface area contributed by atoms with Gasteiger partial charge in [-0.2, -0.15) is 0 Å². The highest BCUT2D eigenvalue weighted by atomic mass is 19.1. The number of amides is 1. The van der Waals surface area contributed by atoms with Crippen LogP contribution in [0.25, 0.3) is 0 Å². The second-order valence-electron chi connectivity index (χ2n) is 3.32. The minimum absolute atomic E-state index is 0.210. The van der Waals surface area contributed by atoms with Crippen LogP contribution in [0.2, 0.25) is 0 Å². The first-order valence-corrected chi connectivity index (χ1v) is 4.80. The summed E-state index contributed by atoms with van der Waals surface area (Å²) in [5.41, 5.74) is 1.32. The molecule has 1 N–H and O–H groups in total. The summed E-state index contributed by atoms with van der Waals surface area (Å²) in [4.78, 5) is 11.5. The van der Waals surface area contributed by atoms with Gasteiger partial charge in [-0.3, -0.25) is 4.79 Å². The second-order valence-corrected chi connectivity index (χ2v) is 3.32. The van der Waals surface area contributed by atoms with Crippen LogP contribution in [0.15, 0.2) is 47.3 Å². The number of hydrogen-bond acceptors (Lipinski definition) is 2.